The molecule has 0 bridgehead atoms. The number of aliphatic hydroxyl groups excluding tert-OH is 1. The van der Waals surface area contributed by atoms with Crippen LogP contribution in [0.25, 0.3) is 6.08 Å². The third-order valence-corrected chi connectivity index (χ3v) is 8.51. The smallest absolute Gasteiger partial charge is 0.188 e. The molecule has 0 aliphatic rings. The van der Waals surface area contributed by atoms with E-state index in [0.29, 0.717) is 18.5 Å². The molecule has 0 unspecified atom stereocenters. The standard InChI is InChI=1S/C15H26FNO2SSi/c1-11-17-13(10-20-11)8-14(16)12(6-7-18)9-15(2,3)21(4,5)19/h8,10,12,18-19H,6-7,9H2,1-5H3/b14-8-/t12-/m1/s1. The summed E-state index contributed by atoms with van der Waals surface area (Å²) in [5.41, 5.74) is 0.622. The Morgan fingerprint density at radius 1 is 1.52 bits per heavy atom. The second-order valence-electron chi connectivity index (χ2n) is 6.68. The lowest BCUT2D eigenvalue weighted by Crippen LogP contribution is -2.40. The van der Waals surface area contributed by atoms with Crippen molar-refractivity contribution in [3.05, 3.63) is 21.9 Å². The number of aliphatic hydroxyl groups is 1. The number of thiazole rings is 1. The molecule has 120 valence electrons. The molecule has 1 aromatic rings. The first-order valence-corrected chi connectivity index (χ1v) is 11.0. The van der Waals surface area contributed by atoms with Crippen LogP contribution in [0.3, 0.4) is 0 Å². The number of aromatic nitrogens is 1. The van der Waals surface area contributed by atoms with Gasteiger partial charge in [-0.25, -0.2) is 9.37 Å². The lowest BCUT2D eigenvalue weighted by molar-refractivity contribution is 0.242. The molecule has 6 heteroatoms. The Hall–Kier alpha value is -0.563. The van der Waals surface area contributed by atoms with Crippen molar-refractivity contribution in [2.75, 3.05) is 6.61 Å². The Bertz CT molecular complexity index is 494. The average Bonchev–Trinajstić information content (AvgIpc) is 2.72. The predicted octanol–water partition coefficient (Wildman–Crippen LogP) is 4.13. The number of aryl methyl sites for hydroxylation is 1. The maximum absolute atomic E-state index is 14.5. The van der Waals surface area contributed by atoms with Crippen LogP contribution in [0.15, 0.2) is 11.2 Å². The number of hydrogen-bond acceptors (Lipinski definition) is 4. The number of nitrogens with zero attached hydrogens (tertiary/aromatic N) is 1. The van der Waals surface area contributed by atoms with E-state index in [0.717, 1.165) is 5.01 Å². The Morgan fingerprint density at radius 2 is 2.14 bits per heavy atom. The highest BCUT2D eigenvalue weighted by molar-refractivity contribution is 7.09. The van der Waals surface area contributed by atoms with Crippen molar-refractivity contribution >= 4 is 25.7 Å². The van der Waals surface area contributed by atoms with E-state index in [1.807, 2.05) is 39.2 Å². The number of rotatable bonds is 7. The van der Waals surface area contributed by atoms with Crippen molar-refractivity contribution in [2.24, 2.45) is 5.92 Å². The van der Waals surface area contributed by atoms with Gasteiger partial charge in [-0.3, -0.25) is 0 Å². The van der Waals surface area contributed by atoms with Crippen molar-refractivity contribution in [1.29, 1.82) is 0 Å². The molecule has 0 saturated heterocycles. The molecule has 0 aromatic carbocycles. The highest BCUT2D eigenvalue weighted by Gasteiger charge is 2.40. The fraction of sp³-hybridized carbons (Fsp3) is 0.667. The van der Waals surface area contributed by atoms with Crippen molar-refractivity contribution < 1.29 is 14.3 Å². The van der Waals surface area contributed by atoms with Gasteiger partial charge in [-0.15, -0.1) is 11.3 Å². The van der Waals surface area contributed by atoms with Crippen molar-refractivity contribution in [3.63, 3.8) is 0 Å². The van der Waals surface area contributed by atoms with Gasteiger partial charge >= 0.3 is 0 Å². The first kappa shape index (κ1) is 18.5. The molecule has 1 heterocycles. The fourth-order valence-corrected chi connectivity index (χ4v) is 3.38. The lowest BCUT2D eigenvalue weighted by Gasteiger charge is -2.37. The van der Waals surface area contributed by atoms with E-state index in [-0.39, 0.29) is 23.4 Å². The largest absolute Gasteiger partial charge is 0.432 e. The monoisotopic (exact) mass is 331 g/mol. The summed E-state index contributed by atoms with van der Waals surface area (Å²) in [7, 11) is -2.40. The van der Waals surface area contributed by atoms with Crippen LogP contribution in [0.2, 0.25) is 18.1 Å². The summed E-state index contributed by atoms with van der Waals surface area (Å²) in [6, 6.07) is 0. The van der Waals surface area contributed by atoms with E-state index in [1.165, 1.54) is 17.4 Å². The molecule has 0 spiro atoms. The van der Waals surface area contributed by atoms with Crippen LogP contribution in [0.1, 0.15) is 37.4 Å². The molecule has 21 heavy (non-hydrogen) atoms. The van der Waals surface area contributed by atoms with Crippen LogP contribution in [0.4, 0.5) is 4.39 Å². The highest BCUT2D eigenvalue weighted by atomic mass is 32.1. The minimum Gasteiger partial charge on any atom is -0.432 e. The normalized spacial score (nSPS) is 15.3. The molecular weight excluding hydrogens is 305 g/mol. The maximum atomic E-state index is 14.5. The van der Waals surface area contributed by atoms with Gasteiger partial charge in [-0.1, -0.05) is 13.8 Å². The molecule has 0 fully saturated rings. The summed E-state index contributed by atoms with van der Waals surface area (Å²) in [6.07, 6.45) is 2.33. The zero-order valence-corrected chi connectivity index (χ0v) is 15.3. The lowest BCUT2D eigenvalue weighted by atomic mass is 9.92. The SMILES string of the molecule is Cc1nc(/C=C(\F)[C@H](CCO)CC(C)(C)[Si](C)(C)O)cs1. The summed E-state index contributed by atoms with van der Waals surface area (Å²) in [4.78, 5) is 14.6. The second-order valence-corrected chi connectivity index (χ2v) is 12.2. The molecule has 0 saturated carbocycles. The molecule has 0 amide bonds. The molecule has 3 nitrogen and oxygen atoms in total. The summed E-state index contributed by atoms with van der Waals surface area (Å²) >= 11 is 1.48. The predicted molar refractivity (Wildman–Crippen MR) is 89.5 cm³/mol. The van der Waals surface area contributed by atoms with E-state index in [1.54, 1.807) is 0 Å². The Morgan fingerprint density at radius 3 is 2.57 bits per heavy atom. The zero-order chi connectivity index (χ0) is 16.3. The Labute approximate surface area is 131 Å². The van der Waals surface area contributed by atoms with Gasteiger partial charge in [0.15, 0.2) is 8.32 Å². The Balaban J connectivity index is 2.93. The third kappa shape index (κ3) is 5.29. The van der Waals surface area contributed by atoms with Gasteiger partial charge in [0, 0.05) is 17.9 Å². The van der Waals surface area contributed by atoms with Gasteiger partial charge in [0.25, 0.3) is 0 Å². The zero-order valence-electron chi connectivity index (χ0n) is 13.5. The van der Waals surface area contributed by atoms with Gasteiger partial charge < -0.3 is 9.90 Å². The maximum Gasteiger partial charge on any atom is 0.188 e. The highest BCUT2D eigenvalue weighted by Crippen LogP contribution is 2.44. The molecule has 0 aliphatic carbocycles. The quantitative estimate of drug-likeness (QED) is 0.739. The van der Waals surface area contributed by atoms with Crippen LogP contribution < -0.4 is 0 Å². The van der Waals surface area contributed by atoms with Crippen LogP contribution >= 0.6 is 11.3 Å². The van der Waals surface area contributed by atoms with Crippen molar-refractivity contribution in [1.82, 2.24) is 4.98 Å². The summed E-state index contributed by atoms with van der Waals surface area (Å²) in [5.74, 6) is -0.647. The topological polar surface area (TPSA) is 53.4 Å². The van der Waals surface area contributed by atoms with Crippen molar-refractivity contribution in [2.45, 2.75) is 51.7 Å². The summed E-state index contributed by atoms with van der Waals surface area (Å²) in [6.45, 7) is 9.51. The van der Waals surface area contributed by atoms with Crippen LogP contribution in [-0.2, 0) is 0 Å². The minimum atomic E-state index is -2.40. The van der Waals surface area contributed by atoms with E-state index in [4.69, 9.17) is 0 Å². The summed E-state index contributed by atoms with van der Waals surface area (Å²) < 4.78 is 14.5. The van der Waals surface area contributed by atoms with Crippen molar-refractivity contribution in [3.8, 4) is 0 Å². The fourth-order valence-electron chi connectivity index (χ4n) is 2.06. The van der Waals surface area contributed by atoms with Crippen LogP contribution in [0.5, 0.6) is 0 Å². The number of halogens is 1. The van der Waals surface area contributed by atoms with Gasteiger partial charge in [0.2, 0.25) is 0 Å². The van der Waals surface area contributed by atoms with Gasteiger partial charge in [-0.2, -0.15) is 0 Å². The second kappa shape index (κ2) is 7.13. The molecule has 1 atom stereocenters. The summed E-state index contributed by atoms with van der Waals surface area (Å²) in [5, 5.41) is 11.6. The first-order valence-electron chi connectivity index (χ1n) is 7.19. The van der Waals surface area contributed by atoms with E-state index in [2.05, 4.69) is 4.98 Å². The number of hydrogen-bond donors (Lipinski definition) is 2. The molecule has 1 aromatic heterocycles. The average molecular weight is 332 g/mol. The van der Waals surface area contributed by atoms with E-state index < -0.39 is 8.32 Å². The van der Waals surface area contributed by atoms with Gasteiger partial charge in [0.05, 0.1) is 10.7 Å². The molecule has 2 N–H and O–H groups in total. The van der Waals surface area contributed by atoms with Crippen LogP contribution in [0, 0.1) is 12.8 Å². The number of allylic oxidation sites excluding steroid dienone is 1. The minimum absolute atomic E-state index is 0.0640. The molecule has 0 radical (unpaired) electrons. The van der Waals surface area contributed by atoms with E-state index >= 15 is 0 Å². The molecule has 1 rings (SSSR count). The van der Waals surface area contributed by atoms with Gasteiger partial charge in [0.1, 0.15) is 5.83 Å². The van der Waals surface area contributed by atoms with Crippen LogP contribution in [-0.4, -0.2) is 29.8 Å². The van der Waals surface area contributed by atoms with E-state index in [9.17, 15) is 14.3 Å². The van der Waals surface area contributed by atoms with Gasteiger partial charge in [-0.05, 0) is 44.0 Å². The first-order chi connectivity index (χ1) is 9.56. The molecular formula is C15H26FNO2SSi. The third-order valence-electron chi connectivity index (χ3n) is 4.20. The Kier molecular flexibility index (Phi) is 6.28. The molecule has 0 aliphatic heterocycles.